The second-order valence-corrected chi connectivity index (χ2v) is 3.15. The largest absolute Gasteiger partial charge is 0.255 e. The lowest BCUT2D eigenvalue weighted by molar-refractivity contribution is 1.58. The molecule has 0 fully saturated rings. The lowest BCUT2D eigenvalue weighted by atomic mass is 10.8. The molecule has 0 atom stereocenters. The molecule has 0 spiro atoms. The molecule has 0 aliphatic carbocycles. The molecule has 0 rings (SSSR count). The zero-order valence-corrected chi connectivity index (χ0v) is 7.69. The maximum absolute atomic E-state index is 3.98. The van der Waals surface area contributed by atoms with Gasteiger partial charge >= 0.3 is 0 Å². The van der Waals surface area contributed by atoms with Gasteiger partial charge < -0.3 is 0 Å². The third-order valence-electron chi connectivity index (χ3n) is 0.842. The normalized spacial score (nSPS) is 12.9. The van der Waals surface area contributed by atoms with E-state index in [4.69, 9.17) is 0 Å². The van der Waals surface area contributed by atoms with Crippen LogP contribution in [-0.2, 0) is 0 Å². The molecule has 0 saturated heterocycles. The summed E-state index contributed by atoms with van der Waals surface area (Å²) in [6, 6.07) is 0. The molecular formula is C8H12N2S. The van der Waals surface area contributed by atoms with Crippen LogP contribution in [0.15, 0.2) is 35.5 Å². The number of hydrogen-bond acceptors (Lipinski definition) is 3. The number of hydrogen-bond donors (Lipinski definition) is 0. The predicted molar refractivity (Wildman–Crippen MR) is 54.2 cm³/mol. The highest BCUT2D eigenvalue weighted by molar-refractivity contribution is 8.26. The van der Waals surface area contributed by atoms with Gasteiger partial charge in [-0.1, -0.05) is 24.9 Å². The molecule has 0 N–H and O–H groups in total. The Bertz CT molecular complexity index is 182. The standard InChI is InChI=1S/C8H12N2S/c1-5-9-7(3)11-8(4)10-6-2/h5-6H,1-2H2,3-4H3. The van der Waals surface area contributed by atoms with Gasteiger partial charge in [-0.15, -0.1) is 0 Å². The summed E-state index contributed by atoms with van der Waals surface area (Å²) in [7, 11) is 0. The highest BCUT2D eigenvalue weighted by Gasteiger charge is 1.93. The van der Waals surface area contributed by atoms with E-state index in [1.54, 1.807) is 0 Å². The fourth-order valence-corrected chi connectivity index (χ4v) is 1.21. The van der Waals surface area contributed by atoms with Crippen molar-refractivity contribution in [1.82, 2.24) is 0 Å². The van der Waals surface area contributed by atoms with Gasteiger partial charge in [-0.25, -0.2) is 0 Å². The Morgan fingerprint density at radius 2 is 1.45 bits per heavy atom. The summed E-state index contributed by atoms with van der Waals surface area (Å²) in [6.07, 6.45) is 3.03. The second-order valence-electron chi connectivity index (χ2n) is 1.76. The summed E-state index contributed by atoms with van der Waals surface area (Å²) >= 11 is 1.51. The number of rotatable bonds is 2. The quantitative estimate of drug-likeness (QED) is 0.459. The Morgan fingerprint density at radius 1 is 1.09 bits per heavy atom. The van der Waals surface area contributed by atoms with Gasteiger partial charge in [0, 0.05) is 12.4 Å². The lowest BCUT2D eigenvalue weighted by Crippen LogP contribution is -1.89. The van der Waals surface area contributed by atoms with E-state index in [0.29, 0.717) is 0 Å². The third kappa shape index (κ3) is 5.61. The first kappa shape index (κ1) is 10.2. The highest BCUT2D eigenvalue weighted by atomic mass is 32.2. The summed E-state index contributed by atoms with van der Waals surface area (Å²) in [4.78, 5) is 7.95. The first-order valence-corrected chi connectivity index (χ1v) is 4.00. The van der Waals surface area contributed by atoms with Crippen LogP contribution in [0.25, 0.3) is 0 Å². The molecule has 0 bridgehead atoms. The van der Waals surface area contributed by atoms with Crippen LogP contribution < -0.4 is 0 Å². The Labute approximate surface area is 71.8 Å². The Balaban J connectivity index is 4.03. The zero-order chi connectivity index (χ0) is 8.69. The highest BCUT2D eigenvalue weighted by Crippen LogP contribution is 2.06. The minimum absolute atomic E-state index is 0.933. The van der Waals surface area contributed by atoms with E-state index in [1.165, 1.54) is 24.2 Å². The monoisotopic (exact) mass is 168 g/mol. The van der Waals surface area contributed by atoms with E-state index in [2.05, 4.69) is 23.1 Å². The third-order valence-corrected chi connectivity index (χ3v) is 1.64. The van der Waals surface area contributed by atoms with E-state index in [1.807, 2.05) is 13.8 Å². The molecular weight excluding hydrogens is 156 g/mol. The van der Waals surface area contributed by atoms with Gasteiger partial charge in [-0.2, -0.15) is 0 Å². The summed E-state index contributed by atoms with van der Waals surface area (Å²) in [5.41, 5.74) is 0. The molecule has 0 aromatic heterocycles. The van der Waals surface area contributed by atoms with Crippen LogP contribution in [0.4, 0.5) is 0 Å². The molecule has 0 radical (unpaired) electrons. The molecule has 0 amide bonds. The van der Waals surface area contributed by atoms with E-state index >= 15 is 0 Å². The predicted octanol–water partition coefficient (Wildman–Crippen LogP) is 2.84. The van der Waals surface area contributed by atoms with Gasteiger partial charge in [0.15, 0.2) is 0 Å². The van der Waals surface area contributed by atoms with Crippen LogP contribution in [0.3, 0.4) is 0 Å². The number of nitrogens with zero attached hydrogens (tertiary/aromatic N) is 2. The minimum atomic E-state index is 0.933. The lowest BCUT2D eigenvalue weighted by Gasteiger charge is -1.95. The molecule has 0 aromatic rings. The van der Waals surface area contributed by atoms with Crippen molar-refractivity contribution in [3.8, 4) is 0 Å². The average molecular weight is 168 g/mol. The van der Waals surface area contributed by atoms with Crippen molar-refractivity contribution in [1.29, 1.82) is 0 Å². The SMILES string of the molecule is C=CN=C(C)SC(C)=NC=C. The van der Waals surface area contributed by atoms with Gasteiger partial charge in [0.05, 0.1) is 10.1 Å². The Hall–Kier alpha value is -0.830. The van der Waals surface area contributed by atoms with Gasteiger partial charge in [-0.3, -0.25) is 9.98 Å². The van der Waals surface area contributed by atoms with Crippen LogP contribution in [0.5, 0.6) is 0 Å². The minimum Gasteiger partial charge on any atom is -0.255 e. The van der Waals surface area contributed by atoms with Gasteiger partial charge in [0.25, 0.3) is 0 Å². The zero-order valence-electron chi connectivity index (χ0n) is 6.87. The van der Waals surface area contributed by atoms with Crippen molar-refractivity contribution in [3.63, 3.8) is 0 Å². The molecule has 3 heteroatoms. The van der Waals surface area contributed by atoms with Crippen LogP contribution in [0.2, 0.25) is 0 Å². The van der Waals surface area contributed by atoms with Gasteiger partial charge in [0.2, 0.25) is 0 Å². The first-order chi connectivity index (χ1) is 5.20. The number of thioether (sulfide) groups is 1. The summed E-state index contributed by atoms with van der Waals surface area (Å²) < 4.78 is 0. The van der Waals surface area contributed by atoms with Crippen molar-refractivity contribution < 1.29 is 0 Å². The van der Waals surface area contributed by atoms with Crippen LogP contribution in [0.1, 0.15) is 13.8 Å². The fourth-order valence-electron chi connectivity index (χ4n) is 0.524. The van der Waals surface area contributed by atoms with E-state index in [0.717, 1.165) is 10.1 Å². The molecule has 0 unspecified atom stereocenters. The summed E-state index contributed by atoms with van der Waals surface area (Å²) in [5, 5.41) is 1.87. The van der Waals surface area contributed by atoms with Gasteiger partial charge in [-0.05, 0) is 13.8 Å². The molecule has 2 nitrogen and oxygen atoms in total. The van der Waals surface area contributed by atoms with E-state index in [9.17, 15) is 0 Å². The van der Waals surface area contributed by atoms with Gasteiger partial charge in [0.1, 0.15) is 0 Å². The maximum Gasteiger partial charge on any atom is 0.0759 e. The van der Waals surface area contributed by atoms with Crippen molar-refractivity contribution in [2.75, 3.05) is 0 Å². The van der Waals surface area contributed by atoms with E-state index in [-0.39, 0.29) is 0 Å². The average Bonchev–Trinajstić information content (AvgIpc) is 1.87. The van der Waals surface area contributed by atoms with Crippen molar-refractivity contribution >= 4 is 21.8 Å². The number of aliphatic imine (C=N–C) groups is 2. The molecule has 0 aromatic carbocycles. The van der Waals surface area contributed by atoms with Crippen molar-refractivity contribution in [3.05, 3.63) is 25.6 Å². The molecule has 60 valence electrons. The van der Waals surface area contributed by atoms with E-state index < -0.39 is 0 Å². The maximum atomic E-state index is 3.98. The smallest absolute Gasteiger partial charge is 0.0759 e. The Morgan fingerprint density at radius 3 is 1.73 bits per heavy atom. The Kier molecular flexibility index (Phi) is 5.47. The van der Waals surface area contributed by atoms with Crippen molar-refractivity contribution in [2.45, 2.75) is 13.8 Å². The van der Waals surface area contributed by atoms with Crippen LogP contribution in [-0.4, -0.2) is 10.1 Å². The molecule has 0 aliphatic heterocycles. The fraction of sp³-hybridized carbons (Fsp3) is 0.250. The molecule has 0 heterocycles. The van der Waals surface area contributed by atoms with Crippen LogP contribution >= 0.6 is 11.8 Å². The summed E-state index contributed by atoms with van der Waals surface area (Å²) in [5.74, 6) is 0. The summed E-state index contributed by atoms with van der Waals surface area (Å²) in [6.45, 7) is 10.8. The molecule has 0 saturated carbocycles. The topological polar surface area (TPSA) is 24.7 Å². The van der Waals surface area contributed by atoms with Crippen molar-refractivity contribution in [2.24, 2.45) is 9.98 Å². The first-order valence-electron chi connectivity index (χ1n) is 3.19. The molecule has 11 heavy (non-hydrogen) atoms. The van der Waals surface area contributed by atoms with Crippen LogP contribution in [0, 0.1) is 0 Å². The second kappa shape index (κ2) is 5.92. The molecule has 0 aliphatic rings.